The van der Waals surface area contributed by atoms with E-state index in [9.17, 15) is 0 Å². The van der Waals surface area contributed by atoms with Gasteiger partial charge in [0.25, 0.3) is 0 Å². The van der Waals surface area contributed by atoms with Gasteiger partial charge in [0.1, 0.15) is 12.4 Å². The Morgan fingerprint density at radius 2 is 2.00 bits per heavy atom. The van der Waals surface area contributed by atoms with Crippen molar-refractivity contribution in [3.63, 3.8) is 0 Å². The SMILES string of the molecule is C=CCOc1ccccc1CN=C(NCC)NCC(C)(C)N(C)C. The third-order valence-corrected chi connectivity index (χ3v) is 3.98. The van der Waals surface area contributed by atoms with E-state index in [-0.39, 0.29) is 5.54 Å². The lowest BCUT2D eigenvalue weighted by Gasteiger charge is -2.33. The van der Waals surface area contributed by atoms with E-state index in [0.29, 0.717) is 13.2 Å². The lowest BCUT2D eigenvalue weighted by molar-refractivity contribution is 0.197. The van der Waals surface area contributed by atoms with Crippen LogP contribution in [0.3, 0.4) is 0 Å². The molecule has 0 bridgehead atoms. The minimum Gasteiger partial charge on any atom is -0.489 e. The monoisotopic (exact) mass is 332 g/mol. The molecular weight excluding hydrogens is 300 g/mol. The fourth-order valence-electron chi connectivity index (χ4n) is 1.89. The summed E-state index contributed by atoms with van der Waals surface area (Å²) in [5.74, 6) is 1.66. The van der Waals surface area contributed by atoms with Crippen molar-refractivity contribution in [2.75, 3.05) is 33.8 Å². The number of ether oxygens (including phenoxy) is 1. The fourth-order valence-corrected chi connectivity index (χ4v) is 1.89. The fraction of sp³-hybridized carbons (Fsp3) is 0.526. The van der Waals surface area contributed by atoms with E-state index in [0.717, 1.165) is 30.4 Å². The molecule has 0 atom stereocenters. The largest absolute Gasteiger partial charge is 0.489 e. The first kappa shape index (κ1) is 20.0. The number of rotatable bonds is 9. The number of nitrogens with zero attached hydrogens (tertiary/aromatic N) is 2. The average Bonchev–Trinajstić information content (AvgIpc) is 2.56. The molecule has 134 valence electrons. The molecule has 1 aromatic carbocycles. The first-order valence-electron chi connectivity index (χ1n) is 8.42. The summed E-state index contributed by atoms with van der Waals surface area (Å²) >= 11 is 0. The molecule has 0 heterocycles. The van der Waals surface area contributed by atoms with Crippen molar-refractivity contribution < 1.29 is 4.74 Å². The van der Waals surface area contributed by atoms with Crippen LogP contribution in [-0.4, -0.2) is 50.2 Å². The van der Waals surface area contributed by atoms with Crippen LogP contribution in [0.4, 0.5) is 0 Å². The second-order valence-electron chi connectivity index (χ2n) is 6.46. The Morgan fingerprint density at radius 1 is 1.29 bits per heavy atom. The quantitative estimate of drug-likeness (QED) is 0.415. The van der Waals surface area contributed by atoms with Gasteiger partial charge in [-0.3, -0.25) is 0 Å². The Balaban J connectivity index is 2.77. The summed E-state index contributed by atoms with van der Waals surface area (Å²) in [7, 11) is 4.16. The van der Waals surface area contributed by atoms with E-state index in [1.807, 2.05) is 24.3 Å². The van der Waals surface area contributed by atoms with Gasteiger partial charge in [0.2, 0.25) is 0 Å². The number of likely N-dealkylation sites (N-methyl/N-ethyl adjacent to an activating group) is 1. The van der Waals surface area contributed by atoms with Crippen molar-refractivity contribution in [3.8, 4) is 5.75 Å². The highest BCUT2D eigenvalue weighted by Gasteiger charge is 2.20. The van der Waals surface area contributed by atoms with Crippen LogP contribution in [0.25, 0.3) is 0 Å². The topological polar surface area (TPSA) is 48.9 Å². The zero-order valence-electron chi connectivity index (χ0n) is 15.7. The minimum absolute atomic E-state index is 0.0428. The van der Waals surface area contributed by atoms with Gasteiger partial charge in [-0.2, -0.15) is 0 Å². The van der Waals surface area contributed by atoms with E-state index in [1.54, 1.807) is 6.08 Å². The van der Waals surface area contributed by atoms with E-state index in [4.69, 9.17) is 4.74 Å². The van der Waals surface area contributed by atoms with Crippen molar-refractivity contribution in [1.29, 1.82) is 0 Å². The van der Waals surface area contributed by atoms with Crippen molar-refractivity contribution in [2.24, 2.45) is 4.99 Å². The highest BCUT2D eigenvalue weighted by Crippen LogP contribution is 2.18. The Bertz CT molecular complexity index is 538. The second kappa shape index (κ2) is 9.98. The normalized spacial score (nSPS) is 12.2. The third-order valence-electron chi connectivity index (χ3n) is 3.98. The molecule has 1 rings (SSSR count). The van der Waals surface area contributed by atoms with Crippen LogP contribution >= 0.6 is 0 Å². The first-order valence-corrected chi connectivity index (χ1v) is 8.42. The van der Waals surface area contributed by atoms with Gasteiger partial charge in [-0.15, -0.1) is 0 Å². The summed E-state index contributed by atoms with van der Waals surface area (Å²) in [5.41, 5.74) is 1.10. The Labute approximate surface area is 146 Å². The number of benzene rings is 1. The number of hydrogen-bond acceptors (Lipinski definition) is 3. The lowest BCUT2D eigenvalue weighted by atomic mass is 10.0. The van der Waals surface area contributed by atoms with Gasteiger partial charge in [0.05, 0.1) is 6.54 Å². The molecule has 0 aliphatic rings. The summed E-state index contributed by atoms with van der Waals surface area (Å²) in [6.07, 6.45) is 1.75. The van der Waals surface area contributed by atoms with Gasteiger partial charge >= 0.3 is 0 Å². The van der Waals surface area contributed by atoms with E-state index >= 15 is 0 Å². The Kier molecular flexibility index (Phi) is 8.33. The van der Waals surface area contributed by atoms with Crippen molar-refractivity contribution >= 4 is 5.96 Å². The Morgan fingerprint density at radius 3 is 2.62 bits per heavy atom. The molecule has 1 aromatic rings. The van der Waals surface area contributed by atoms with Crippen LogP contribution in [0, 0.1) is 0 Å². The number of nitrogens with one attached hydrogen (secondary N) is 2. The van der Waals surface area contributed by atoms with Crippen molar-refractivity contribution in [2.45, 2.75) is 32.9 Å². The van der Waals surface area contributed by atoms with Gasteiger partial charge in [0.15, 0.2) is 5.96 Å². The molecule has 0 aliphatic heterocycles. The molecule has 0 unspecified atom stereocenters. The molecule has 0 radical (unpaired) electrons. The predicted octanol–water partition coefficient (Wildman–Crippen LogP) is 2.65. The molecule has 0 amide bonds. The van der Waals surface area contributed by atoms with E-state index in [2.05, 4.69) is 62.0 Å². The standard InChI is InChI=1S/C19H32N4O/c1-7-13-24-17-12-10-9-11-16(17)14-21-18(20-8-2)22-15-19(3,4)23(5)6/h7,9-12H,1,8,13-15H2,2-6H3,(H2,20,21,22). The summed E-state index contributed by atoms with van der Waals surface area (Å²) in [6, 6.07) is 7.97. The number of hydrogen-bond donors (Lipinski definition) is 2. The summed E-state index contributed by atoms with van der Waals surface area (Å²) in [4.78, 5) is 6.88. The van der Waals surface area contributed by atoms with Gasteiger partial charge in [0, 0.05) is 24.2 Å². The predicted molar refractivity (Wildman–Crippen MR) is 103 cm³/mol. The highest BCUT2D eigenvalue weighted by molar-refractivity contribution is 5.79. The van der Waals surface area contributed by atoms with Crippen LogP contribution in [0.15, 0.2) is 41.9 Å². The van der Waals surface area contributed by atoms with Crippen LogP contribution in [0.2, 0.25) is 0 Å². The molecule has 0 saturated carbocycles. The summed E-state index contributed by atoms with van der Waals surface area (Å²) < 4.78 is 5.69. The van der Waals surface area contributed by atoms with Crippen LogP contribution < -0.4 is 15.4 Å². The number of guanidine groups is 1. The Hall–Kier alpha value is -2.01. The third kappa shape index (κ3) is 6.62. The lowest BCUT2D eigenvalue weighted by Crippen LogP contribution is -2.50. The molecule has 0 aromatic heterocycles. The highest BCUT2D eigenvalue weighted by atomic mass is 16.5. The van der Waals surface area contributed by atoms with E-state index in [1.165, 1.54) is 0 Å². The maximum Gasteiger partial charge on any atom is 0.191 e. The molecule has 5 heteroatoms. The molecule has 0 saturated heterocycles. The van der Waals surface area contributed by atoms with Crippen molar-refractivity contribution in [1.82, 2.24) is 15.5 Å². The van der Waals surface area contributed by atoms with Crippen LogP contribution in [-0.2, 0) is 6.54 Å². The molecule has 0 aliphatic carbocycles. The first-order chi connectivity index (χ1) is 11.4. The molecular formula is C19H32N4O. The maximum absolute atomic E-state index is 5.69. The second-order valence-corrected chi connectivity index (χ2v) is 6.46. The molecule has 0 fully saturated rings. The zero-order valence-corrected chi connectivity index (χ0v) is 15.7. The zero-order chi connectivity index (χ0) is 18.0. The van der Waals surface area contributed by atoms with Gasteiger partial charge in [-0.1, -0.05) is 30.9 Å². The van der Waals surface area contributed by atoms with Crippen molar-refractivity contribution in [3.05, 3.63) is 42.5 Å². The summed E-state index contributed by atoms with van der Waals surface area (Å²) in [6.45, 7) is 12.8. The number of aliphatic imine (C=N–C) groups is 1. The van der Waals surface area contributed by atoms with Gasteiger partial charge in [-0.25, -0.2) is 4.99 Å². The average molecular weight is 332 g/mol. The minimum atomic E-state index is 0.0428. The smallest absolute Gasteiger partial charge is 0.191 e. The molecule has 24 heavy (non-hydrogen) atoms. The van der Waals surface area contributed by atoms with Gasteiger partial charge in [-0.05, 0) is 40.9 Å². The molecule has 5 nitrogen and oxygen atoms in total. The summed E-state index contributed by atoms with van der Waals surface area (Å²) in [5, 5.41) is 6.71. The maximum atomic E-state index is 5.69. The van der Waals surface area contributed by atoms with E-state index < -0.39 is 0 Å². The molecule has 0 spiro atoms. The molecule has 2 N–H and O–H groups in total. The van der Waals surface area contributed by atoms with Crippen LogP contribution in [0.5, 0.6) is 5.75 Å². The number of para-hydroxylation sites is 1. The van der Waals surface area contributed by atoms with Gasteiger partial charge < -0.3 is 20.3 Å². The van der Waals surface area contributed by atoms with Crippen LogP contribution in [0.1, 0.15) is 26.3 Å².